The summed E-state index contributed by atoms with van der Waals surface area (Å²) in [5, 5.41) is 4.16. The Hall–Kier alpha value is -4.12. The molecule has 36 heavy (non-hydrogen) atoms. The third-order valence-corrected chi connectivity index (χ3v) is 7.03. The lowest BCUT2D eigenvalue weighted by atomic mass is 9.93. The minimum absolute atomic E-state index is 0.0195. The normalized spacial score (nSPS) is 14.1. The molecule has 0 saturated heterocycles. The fraction of sp³-hybridized carbons (Fsp3) is 0.240. The maximum atomic E-state index is 12.8. The second-order valence-corrected chi connectivity index (χ2v) is 9.97. The molecule has 0 spiro atoms. The highest BCUT2D eigenvalue weighted by molar-refractivity contribution is 7.89. The summed E-state index contributed by atoms with van der Waals surface area (Å²) in [4.78, 5) is 27.5. The van der Waals surface area contributed by atoms with Gasteiger partial charge in [0.05, 0.1) is 17.7 Å². The molecule has 3 N–H and O–H groups in total. The van der Waals surface area contributed by atoms with Gasteiger partial charge in [0.25, 0.3) is 15.9 Å². The number of fused-ring (bicyclic) bond motifs is 1. The van der Waals surface area contributed by atoms with Crippen molar-refractivity contribution in [1.82, 2.24) is 15.7 Å². The van der Waals surface area contributed by atoms with Gasteiger partial charge in [0.2, 0.25) is 0 Å². The first-order valence-electron chi connectivity index (χ1n) is 11.2. The van der Waals surface area contributed by atoms with Crippen LogP contribution in [0.3, 0.4) is 0 Å². The molecule has 0 unspecified atom stereocenters. The molecule has 4 rings (SSSR count). The van der Waals surface area contributed by atoms with E-state index in [-0.39, 0.29) is 10.7 Å². The molecule has 1 aliphatic rings. The molecule has 0 bridgehead atoms. The third-order valence-electron chi connectivity index (χ3n) is 5.81. The van der Waals surface area contributed by atoms with E-state index in [2.05, 4.69) is 20.8 Å². The molecule has 2 aromatic carbocycles. The van der Waals surface area contributed by atoms with Crippen molar-refractivity contribution in [2.24, 2.45) is 5.10 Å². The number of furan rings is 1. The number of methoxy groups -OCH3 is 1. The summed E-state index contributed by atoms with van der Waals surface area (Å²) in [7, 11) is -2.33. The molecule has 1 heterocycles. The van der Waals surface area contributed by atoms with Crippen molar-refractivity contribution >= 4 is 27.5 Å². The number of ether oxygens (including phenoxy) is 1. The smallest absolute Gasteiger partial charge is 0.305 e. The first kappa shape index (κ1) is 25.0. The van der Waals surface area contributed by atoms with E-state index in [9.17, 15) is 18.0 Å². The van der Waals surface area contributed by atoms with Crippen LogP contribution < -0.4 is 20.4 Å². The van der Waals surface area contributed by atoms with Gasteiger partial charge >= 0.3 is 5.91 Å². The van der Waals surface area contributed by atoms with Gasteiger partial charge in [-0.15, -0.1) is 0 Å². The van der Waals surface area contributed by atoms with Crippen LogP contribution in [0.1, 0.15) is 56.2 Å². The van der Waals surface area contributed by atoms with E-state index in [4.69, 9.17) is 9.15 Å². The van der Waals surface area contributed by atoms with Crippen LogP contribution in [0.5, 0.6) is 5.75 Å². The second kappa shape index (κ2) is 10.2. The van der Waals surface area contributed by atoms with Crippen LogP contribution in [0.2, 0.25) is 0 Å². The lowest BCUT2D eigenvalue weighted by Crippen LogP contribution is -2.41. The molecule has 2 amide bonds. The predicted octanol–water partition coefficient (Wildman–Crippen LogP) is 3.00. The van der Waals surface area contributed by atoms with Crippen LogP contribution in [0, 0.1) is 13.8 Å². The molecule has 188 valence electrons. The van der Waals surface area contributed by atoms with Gasteiger partial charge in [-0.1, -0.05) is 17.7 Å². The van der Waals surface area contributed by atoms with Gasteiger partial charge in [0.15, 0.2) is 5.76 Å². The van der Waals surface area contributed by atoms with E-state index in [1.807, 2.05) is 6.92 Å². The van der Waals surface area contributed by atoms with Crippen molar-refractivity contribution < 1.29 is 27.2 Å². The van der Waals surface area contributed by atoms with E-state index in [0.29, 0.717) is 53.2 Å². The number of hydrogen-bond donors (Lipinski definition) is 3. The topological polar surface area (TPSA) is 139 Å². The highest BCUT2D eigenvalue weighted by Crippen LogP contribution is 2.30. The number of hydrazone groups is 1. The molecule has 3 aromatic rings. The molecule has 1 aromatic heterocycles. The lowest BCUT2D eigenvalue weighted by Gasteiger charge is -2.14. The SMILES string of the molecule is COc1ccc(C(=O)NNC(=O)c2oc3c(c2C)/C(=N/NS(=O)(=O)c2ccc(C)cc2)CCC3)cc1. The van der Waals surface area contributed by atoms with Crippen molar-refractivity contribution in [3.05, 3.63) is 82.3 Å². The quantitative estimate of drug-likeness (QED) is 0.436. The zero-order valence-electron chi connectivity index (χ0n) is 20.0. The summed E-state index contributed by atoms with van der Waals surface area (Å²) < 4.78 is 36.1. The Kier molecular flexibility index (Phi) is 7.11. The number of sulfonamides is 1. The number of benzene rings is 2. The van der Waals surface area contributed by atoms with Crippen LogP contribution in [0.4, 0.5) is 0 Å². The van der Waals surface area contributed by atoms with Crippen LogP contribution >= 0.6 is 0 Å². The largest absolute Gasteiger partial charge is 0.497 e. The van der Waals surface area contributed by atoms with Gasteiger partial charge in [-0.25, -0.2) is 0 Å². The molecule has 0 saturated carbocycles. The van der Waals surface area contributed by atoms with E-state index in [1.54, 1.807) is 43.3 Å². The predicted molar refractivity (Wildman–Crippen MR) is 132 cm³/mol. The van der Waals surface area contributed by atoms with Crippen LogP contribution in [0.25, 0.3) is 0 Å². The van der Waals surface area contributed by atoms with E-state index in [1.165, 1.54) is 19.2 Å². The van der Waals surface area contributed by atoms with Crippen LogP contribution in [-0.2, 0) is 16.4 Å². The summed E-state index contributed by atoms with van der Waals surface area (Å²) in [5.74, 6) is 0.0202. The monoisotopic (exact) mass is 510 g/mol. The molecule has 10 nitrogen and oxygen atoms in total. The van der Waals surface area contributed by atoms with Crippen LogP contribution in [0.15, 0.2) is 62.9 Å². The van der Waals surface area contributed by atoms with Gasteiger partial charge < -0.3 is 9.15 Å². The van der Waals surface area contributed by atoms with E-state index < -0.39 is 21.8 Å². The second-order valence-electron chi connectivity index (χ2n) is 8.31. The maximum absolute atomic E-state index is 12.8. The lowest BCUT2D eigenvalue weighted by molar-refractivity contribution is 0.0829. The zero-order chi connectivity index (χ0) is 25.9. The number of aryl methyl sites for hydroxylation is 2. The third kappa shape index (κ3) is 5.25. The summed E-state index contributed by atoms with van der Waals surface area (Å²) in [5.41, 5.74) is 7.58. The van der Waals surface area contributed by atoms with Crippen LogP contribution in [-0.4, -0.2) is 33.1 Å². The van der Waals surface area contributed by atoms with Gasteiger partial charge in [0, 0.05) is 23.1 Å². The van der Waals surface area contributed by atoms with Crippen molar-refractivity contribution in [1.29, 1.82) is 0 Å². The average molecular weight is 511 g/mol. The summed E-state index contributed by atoms with van der Waals surface area (Å²) in [6, 6.07) is 12.8. The zero-order valence-corrected chi connectivity index (χ0v) is 20.9. The van der Waals surface area contributed by atoms with Gasteiger partial charge in [-0.3, -0.25) is 20.4 Å². The minimum Gasteiger partial charge on any atom is -0.497 e. The fourth-order valence-electron chi connectivity index (χ4n) is 3.87. The highest BCUT2D eigenvalue weighted by atomic mass is 32.2. The summed E-state index contributed by atoms with van der Waals surface area (Å²) in [6.07, 6.45) is 1.77. The first-order valence-corrected chi connectivity index (χ1v) is 12.7. The Labute approximate surface area is 208 Å². The van der Waals surface area contributed by atoms with Gasteiger partial charge in [0.1, 0.15) is 11.5 Å². The number of hydrazine groups is 1. The number of hydrogen-bond acceptors (Lipinski definition) is 7. The summed E-state index contributed by atoms with van der Waals surface area (Å²) >= 11 is 0. The molecule has 0 fully saturated rings. The Morgan fingerprint density at radius 1 is 0.944 bits per heavy atom. The molecular weight excluding hydrogens is 484 g/mol. The average Bonchev–Trinajstić information content (AvgIpc) is 3.23. The first-order chi connectivity index (χ1) is 17.2. The van der Waals surface area contributed by atoms with E-state index >= 15 is 0 Å². The van der Waals surface area contributed by atoms with Gasteiger partial charge in [-0.2, -0.15) is 18.4 Å². The molecule has 1 aliphatic carbocycles. The maximum Gasteiger partial charge on any atom is 0.305 e. The standard InChI is InChI=1S/C25H26N4O6S/c1-15-7-13-19(14-8-15)36(32,33)29-26-20-5-4-6-21-22(20)16(2)23(35-21)25(31)28-27-24(30)17-9-11-18(34-3)12-10-17/h7-14,29H,4-6H2,1-3H3,(H,27,30)(H,28,31)/b26-20+. The van der Waals surface area contributed by atoms with Gasteiger partial charge in [-0.05, 0) is 63.1 Å². The van der Waals surface area contributed by atoms with Crippen molar-refractivity contribution in [2.75, 3.05) is 7.11 Å². The molecule has 0 atom stereocenters. The Morgan fingerprint density at radius 3 is 2.28 bits per heavy atom. The Bertz CT molecular complexity index is 1420. The van der Waals surface area contributed by atoms with Crippen molar-refractivity contribution in [2.45, 2.75) is 38.0 Å². The van der Waals surface area contributed by atoms with Crippen molar-refractivity contribution in [3.8, 4) is 5.75 Å². The number of amides is 2. The molecule has 0 radical (unpaired) electrons. The number of nitrogens with zero attached hydrogens (tertiary/aromatic N) is 1. The molecule has 0 aliphatic heterocycles. The number of rotatable bonds is 6. The summed E-state index contributed by atoms with van der Waals surface area (Å²) in [6.45, 7) is 3.56. The Balaban J connectivity index is 1.49. The highest BCUT2D eigenvalue weighted by Gasteiger charge is 2.28. The number of nitrogens with one attached hydrogen (secondary N) is 3. The van der Waals surface area contributed by atoms with Crippen molar-refractivity contribution in [3.63, 3.8) is 0 Å². The van der Waals surface area contributed by atoms with E-state index in [0.717, 1.165) is 5.56 Å². The number of carbonyl (C=O) groups excluding carboxylic acids is 2. The number of carbonyl (C=O) groups is 2. The molecular formula is C25H26N4O6S. The fourth-order valence-corrected chi connectivity index (χ4v) is 4.70. The molecule has 11 heteroatoms. The Morgan fingerprint density at radius 2 is 1.61 bits per heavy atom. The minimum atomic E-state index is -3.85.